The molecular formula is C12H8N2O2. The van der Waals surface area contributed by atoms with Crippen molar-refractivity contribution < 1.29 is 4.42 Å². The first-order chi connectivity index (χ1) is 7.75. The monoisotopic (exact) mass is 212 g/mol. The number of pyridine rings is 1. The largest absolute Gasteiger partial charge is 0.437 e. The van der Waals surface area contributed by atoms with Gasteiger partial charge in [-0.15, -0.1) is 0 Å². The Morgan fingerprint density at radius 3 is 2.94 bits per heavy atom. The Bertz CT molecular complexity index is 747. The Kier molecular flexibility index (Phi) is 1.71. The normalized spacial score (nSPS) is 11.0. The van der Waals surface area contributed by atoms with E-state index in [-0.39, 0.29) is 5.43 Å². The summed E-state index contributed by atoms with van der Waals surface area (Å²) in [5.41, 5.74) is 6.92. The maximum absolute atomic E-state index is 12.1. The number of hydrogen-bond acceptors (Lipinski definition) is 4. The molecule has 0 fully saturated rings. The third-order valence-corrected chi connectivity index (χ3v) is 2.47. The van der Waals surface area contributed by atoms with E-state index in [1.807, 2.05) is 0 Å². The molecule has 78 valence electrons. The molecule has 3 rings (SSSR count). The molecule has 0 spiro atoms. The molecule has 0 amide bonds. The van der Waals surface area contributed by atoms with E-state index in [4.69, 9.17) is 10.2 Å². The van der Waals surface area contributed by atoms with Crippen LogP contribution in [0.25, 0.3) is 22.1 Å². The summed E-state index contributed by atoms with van der Waals surface area (Å²) >= 11 is 0. The van der Waals surface area contributed by atoms with Crippen molar-refractivity contribution in [2.75, 3.05) is 5.73 Å². The predicted octanol–water partition coefficient (Wildman–Crippen LogP) is 1.92. The standard InChI is InChI=1S/C12H8N2O2/c13-7-3-4-8-10(6-7)16-12-9(11(8)15)2-1-5-14-12/h1-6H,13H2. The molecule has 4 nitrogen and oxygen atoms in total. The zero-order valence-corrected chi connectivity index (χ0v) is 8.31. The quantitative estimate of drug-likeness (QED) is 0.456. The van der Waals surface area contributed by atoms with Crippen LogP contribution in [0.4, 0.5) is 5.69 Å². The van der Waals surface area contributed by atoms with Crippen LogP contribution in [0.5, 0.6) is 0 Å². The van der Waals surface area contributed by atoms with Gasteiger partial charge in [0.25, 0.3) is 0 Å². The third kappa shape index (κ3) is 1.16. The summed E-state index contributed by atoms with van der Waals surface area (Å²) in [5.74, 6) is 0. The molecule has 4 heteroatoms. The van der Waals surface area contributed by atoms with Crippen LogP contribution in [0.1, 0.15) is 0 Å². The van der Waals surface area contributed by atoms with E-state index in [1.165, 1.54) is 0 Å². The van der Waals surface area contributed by atoms with Crippen LogP contribution in [-0.4, -0.2) is 4.98 Å². The van der Waals surface area contributed by atoms with Crippen LogP contribution in [0.15, 0.2) is 45.7 Å². The van der Waals surface area contributed by atoms with E-state index in [1.54, 1.807) is 36.5 Å². The number of hydrogen-bond donors (Lipinski definition) is 1. The summed E-state index contributed by atoms with van der Waals surface area (Å²) in [7, 11) is 0. The van der Waals surface area contributed by atoms with Gasteiger partial charge < -0.3 is 10.2 Å². The zero-order valence-electron chi connectivity index (χ0n) is 8.31. The molecule has 0 saturated heterocycles. The van der Waals surface area contributed by atoms with Crippen molar-refractivity contribution in [1.82, 2.24) is 4.98 Å². The molecule has 1 aromatic carbocycles. The number of fused-ring (bicyclic) bond motifs is 2. The highest BCUT2D eigenvalue weighted by Crippen LogP contribution is 2.18. The van der Waals surface area contributed by atoms with Crippen LogP contribution < -0.4 is 11.2 Å². The Labute approximate surface area is 90.3 Å². The van der Waals surface area contributed by atoms with E-state index in [0.717, 1.165) is 0 Å². The molecule has 2 N–H and O–H groups in total. The predicted molar refractivity (Wildman–Crippen MR) is 62.2 cm³/mol. The summed E-state index contributed by atoms with van der Waals surface area (Å²) < 4.78 is 5.52. The van der Waals surface area contributed by atoms with Gasteiger partial charge in [0.2, 0.25) is 11.1 Å². The highest BCUT2D eigenvalue weighted by molar-refractivity contribution is 5.89. The minimum atomic E-state index is -0.0793. The van der Waals surface area contributed by atoms with Crippen molar-refractivity contribution in [2.24, 2.45) is 0 Å². The number of aromatic nitrogens is 1. The molecule has 0 atom stereocenters. The average Bonchev–Trinajstić information content (AvgIpc) is 2.29. The molecule has 0 aliphatic heterocycles. The summed E-state index contributed by atoms with van der Waals surface area (Å²) in [4.78, 5) is 16.1. The second-order valence-electron chi connectivity index (χ2n) is 3.54. The Balaban J connectivity index is 2.61. The van der Waals surface area contributed by atoms with Crippen molar-refractivity contribution in [3.8, 4) is 0 Å². The van der Waals surface area contributed by atoms with E-state index < -0.39 is 0 Å². The molecule has 0 aliphatic carbocycles. The molecule has 0 radical (unpaired) electrons. The smallest absolute Gasteiger partial charge is 0.230 e. The molecule has 2 aromatic heterocycles. The fourth-order valence-electron chi connectivity index (χ4n) is 1.71. The SMILES string of the molecule is Nc1ccc2c(=O)c3cccnc3oc2c1. The molecule has 3 aromatic rings. The topological polar surface area (TPSA) is 69.1 Å². The van der Waals surface area contributed by atoms with E-state index in [9.17, 15) is 4.79 Å². The molecule has 0 saturated carbocycles. The number of nitrogens with zero attached hydrogens (tertiary/aromatic N) is 1. The van der Waals surface area contributed by atoms with Crippen LogP contribution in [0.2, 0.25) is 0 Å². The lowest BCUT2D eigenvalue weighted by Gasteiger charge is -2.00. The van der Waals surface area contributed by atoms with Crippen molar-refractivity contribution in [3.05, 3.63) is 46.8 Å². The van der Waals surface area contributed by atoms with E-state index >= 15 is 0 Å². The van der Waals surface area contributed by atoms with Crippen LogP contribution in [-0.2, 0) is 0 Å². The Morgan fingerprint density at radius 2 is 2.06 bits per heavy atom. The molecule has 16 heavy (non-hydrogen) atoms. The van der Waals surface area contributed by atoms with Crippen molar-refractivity contribution >= 4 is 27.8 Å². The van der Waals surface area contributed by atoms with Gasteiger partial charge in [0.15, 0.2) is 0 Å². The maximum atomic E-state index is 12.1. The van der Waals surface area contributed by atoms with E-state index in [2.05, 4.69) is 4.98 Å². The lowest BCUT2D eigenvalue weighted by molar-refractivity contribution is 0.645. The fourth-order valence-corrected chi connectivity index (χ4v) is 1.71. The second-order valence-corrected chi connectivity index (χ2v) is 3.54. The van der Waals surface area contributed by atoms with Gasteiger partial charge in [-0.25, -0.2) is 4.98 Å². The van der Waals surface area contributed by atoms with Crippen LogP contribution >= 0.6 is 0 Å². The lowest BCUT2D eigenvalue weighted by atomic mass is 10.2. The van der Waals surface area contributed by atoms with Gasteiger partial charge >= 0.3 is 0 Å². The van der Waals surface area contributed by atoms with Crippen LogP contribution in [0.3, 0.4) is 0 Å². The molecular weight excluding hydrogens is 204 g/mol. The summed E-state index contributed by atoms with van der Waals surface area (Å²) in [6, 6.07) is 8.39. The number of anilines is 1. The van der Waals surface area contributed by atoms with Crippen LogP contribution in [0, 0.1) is 0 Å². The summed E-state index contributed by atoms with van der Waals surface area (Å²) in [6.07, 6.45) is 1.59. The van der Waals surface area contributed by atoms with E-state index in [0.29, 0.717) is 27.8 Å². The van der Waals surface area contributed by atoms with Gasteiger partial charge in [-0.2, -0.15) is 0 Å². The first-order valence-corrected chi connectivity index (χ1v) is 4.83. The number of nitrogen functional groups attached to an aromatic ring is 1. The summed E-state index contributed by atoms with van der Waals surface area (Å²) in [5, 5.41) is 1.01. The second kappa shape index (κ2) is 3.06. The zero-order chi connectivity index (χ0) is 11.1. The van der Waals surface area contributed by atoms with Gasteiger partial charge in [-0.05, 0) is 24.3 Å². The highest BCUT2D eigenvalue weighted by Gasteiger charge is 2.07. The molecule has 0 bridgehead atoms. The summed E-state index contributed by atoms with van der Waals surface area (Å²) in [6.45, 7) is 0. The number of rotatable bonds is 0. The molecule has 0 unspecified atom stereocenters. The van der Waals surface area contributed by atoms with Crippen molar-refractivity contribution in [2.45, 2.75) is 0 Å². The number of nitrogens with two attached hydrogens (primary N) is 1. The van der Waals surface area contributed by atoms with Crippen molar-refractivity contribution in [1.29, 1.82) is 0 Å². The first-order valence-electron chi connectivity index (χ1n) is 4.83. The van der Waals surface area contributed by atoms with Gasteiger partial charge in [-0.1, -0.05) is 0 Å². The van der Waals surface area contributed by atoms with Gasteiger partial charge in [-0.3, -0.25) is 4.79 Å². The minimum Gasteiger partial charge on any atom is -0.437 e. The Hall–Kier alpha value is -2.36. The van der Waals surface area contributed by atoms with Gasteiger partial charge in [0.1, 0.15) is 5.58 Å². The average molecular weight is 212 g/mol. The van der Waals surface area contributed by atoms with Crippen molar-refractivity contribution in [3.63, 3.8) is 0 Å². The number of benzene rings is 1. The Morgan fingerprint density at radius 1 is 1.19 bits per heavy atom. The molecule has 2 heterocycles. The highest BCUT2D eigenvalue weighted by atomic mass is 16.3. The van der Waals surface area contributed by atoms with Gasteiger partial charge in [0, 0.05) is 18.0 Å². The third-order valence-electron chi connectivity index (χ3n) is 2.47. The minimum absolute atomic E-state index is 0.0793. The first kappa shape index (κ1) is 8.91. The maximum Gasteiger partial charge on any atom is 0.230 e. The lowest BCUT2D eigenvalue weighted by Crippen LogP contribution is -2.02. The molecule has 0 aliphatic rings. The fraction of sp³-hybridized carbons (Fsp3) is 0. The van der Waals surface area contributed by atoms with Gasteiger partial charge in [0.05, 0.1) is 10.8 Å².